The second-order valence-corrected chi connectivity index (χ2v) is 6.78. The Balaban J connectivity index is 1.81. The van der Waals surface area contributed by atoms with E-state index in [1.54, 1.807) is 0 Å². The number of nitrogens with two attached hydrogens (primary N) is 1. The lowest BCUT2D eigenvalue weighted by Gasteiger charge is -2.48. The zero-order valence-electron chi connectivity index (χ0n) is 12.0. The Morgan fingerprint density at radius 3 is 2.80 bits per heavy atom. The number of benzene rings is 1. The van der Waals surface area contributed by atoms with E-state index in [0.717, 1.165) is 24.5 Å². The van der Waals surface area contributed by atoms with Crippen molar-refractivity contribution in [3.8, 4) is 0 Å². The Bertz CT molecular complexity index is 467. The third-order valence-corrected chi connectivity index (χ3v) is 5.09. The largest absolute Gasteiger partial charge is 0.375 e. The minimum absolute atomic E-state index is 0.144. The molecule has 1 aliphatic carbocycles. The van der Waals surface area contributed by atoms with Crippen LogP contribution < -0.4 is 11.3 Å². The number of ether oxygens (including phenoxy) is 1. The quantitative estimate of drug-likeness (QED) is 0.662. The zero-order valence-corrected chi connectivity index (χ0v) is 12.7. The van der Waals surface area contributed by atoms with Gasteiger partial charge in [-0.15, -0.1) is 0 Å². The summed E-state index contributed by atoms with van der Waals surface area (Å²) in [5.74, 6) is 6.37. The molecule has 2 unspecified atom stereocenters. The van der Waals surface area contributed by atoms with Crippen LogP contribution >= 0.6 is 11.6 Å². The number of aryl methyl sites for hydroxylation is 1. The van der Waals surface area contributed by atoms with E-state index in [1.807, 2.05) is 12.1 Å². The Morgan fingerprint density at radius 2 is 2.20 bits per heavy atom. The van der Waals surface area contributed by atoms with Crippen molar-refractivity contribution < 1.29 is 4.74 Å². The number of hydrogen-bond acceptors (Lipinski definition) is 3. The third-order valence-electron chi connectivity index (χ3n) is 4.87. The molecule has 3 N–H and O–H groups in total. The van der Waals surface area contributed by atoms with Gasteiger partial charge in [0.1, 0.15) is 0 Å². The Hall–Kier alpha value is -0.610. The van der Waals surface area contributed by atoms with Gasteiger partial charge in [0.15, 0.2) is 0 Å². The first-order chi connectivity index (χ1) is 9.62. The molecule has 1 aromatic rings. The maximum Gasteiger partial charge on any atom is 0.0686 e. The molecule has 0 amide bonds. The van der Waals surface area contributed by atoms with Crippen molar-refractivity contribution in [3.63, 3.8) is 0 Å². The molecule has 2 aliphatic rings. The minimum atomic E-state index is 0.144. The normalized spacial score (nSPS) is 26.2. The fourth-order valence-corrected chi connectivity index (χ4v) is 4.02. The summed E-state index contributed by atoms with van der Waals surface area (Å²) < 4.78 is 6.01. The Morgan fingerprint density at radius 1 is 1.40 bits per heavy atom. The van der Waals surface area contributed by atoms with Gasteiger partial charge in [-0.1, -0.05) is 17.7 Å². The van der Waals surface area contributed by atoms with E-state index < -0.39 is 0 Å². The summed E-state index contributed by atoms with van der Waals surface area (Å²) in [5.41, 5.74) is 5.53. The molecule has 110 valence electrons. The fraction of sp³-hybridized carbons (Fsp3) is 0.625. The molecule has 3 rings (SSSR count). The maximum atomic E-state index is 6.19. The van der Waals surface area contributed by atoms with Crippen LogP contribution in [-0.2, 0) is 4.74 Å². The summed E-state index contributed by atoms with van der Waals surface area (Å²) in [7, 11) is 0. The monoisotopic (exact) mass is 294 g/mol. The van der Waals surface area contributed by atoms with Crippen molar-refractivity contribution in [2.24, 2.45) is 11.8 Å². The molecule has 1 aromatic carbocycles. The third kappa shape index (κ3) is 2.73. The smallest absolute Gasteiger partial charge is 0.0686 e. The van der Waals surface area contributed by atoms with Gasteiger partial charge in [-0.3, -0.25) is 11.3 Å². The molecule has 1 aliphatic heterocycles. The number of rotatable bonds is 3. The van der Waals surface area contributed by atoms with Crippen molar-refractivity contribution in [1.29, 1.82) is 0 Å². The molecule has 1 spiro atoms. The van der Waals surface area contributed by atoms with E-state index in [-0.39, 0.29) is 11.6 Å². The van der Waals surface area contributed by atoms with Gasteiger partial charge >= 0.3 is 0 Å². The highest BCUT2D eigenvalue weighted by atomic mass is 35.5. The second-order valence-electron chi connectivity index (χ2n) is 6.34. The molecule has 1 saturated carbocycles. The average molecular weight is 295 g/mol. The van der Waals surface area contributed by atoms with Gasteiger partial charge in [0.25, 0.3) is 0 Å². The molecule has 20 heavy (non-hydrogen) atoms. The van der Waals surface area contributed by atoms with Crippen molar-refractivity contribution in [2.45, 2.75) is 50.7 Å². The van der Waals surface area contributed by atoms with E-state index in [1.165, 1.54) is 30.4 Å². The molecule has 2 atom stereocenters. The SMILES string of the molecule is Cc1cc(Cl)cc(C(NN)C2CCOC3(CCC3)C2)c1. The summed E-state index contributed by atoms with van der Waals surface area (Å²) in [6.45, 7) is 2.92. The zero-order chi connectivity index (χ0) is 14.2. The highest BCUT2D eigenvalue weighted by Crippen LogP contribution is 2.47. The lowest BCUT2D eigenvalue weighted by molar-refractivity contribution is -0.147. The Labute approximate surface area is 125 Å². The lowest BCUT2D eigenvalue weighted by atomic mass is 9.69. The molecular weight excluding hydrogens is 272 g/mol. The number of hydrogen-bond donors (Lipinski definition) is 2. The van der Waals surface area contributed by atoms with Crippen LogP contribution in [0.3, 0.4) is 0 Å². The summed E-state index contributed by atoms with van der Waals surface area (Å²) in [5, 5.41) is 0.783. The summed E-state index contributed by atoms with van der Waals surface area (Å²) >= 11 is 6.19. The molecule has 4 heteroatoms. The topological polar surface area (TPSA) is 47.3 Å². The van der Waals surface area contributed by atoms with Gasteiger partial charge in [-0.25, -0.2) is 0 Å². The molecule has 0 radical (unpaired) electrons. The van der Waals surface area contributed by atoms with Gasteiger partial charge in [0, 0.05) is 17.7 Å². The van der Waals surface area contributed by atoms with Crippen LogP contribution in [-0.4, -0.2) is 12.2 Å². The van der Waals surface area contributed by atoms with Crippen molar-refractivity contribution in [2.75, 3.05) is 6.61 Å². The molecule has 1 saturated heterocycles. The van der Waals surface area contributed by atoms with Crippen LogP contribution in [0.5, 0.6) is 0 Å². The van der Waals surface area contributed by atoms with E-state index in [9.17, 15) is 0 Å². The molecular formula is C16H23ClN2O. The standard InChI is InChI=1S/C16H23ClN2O/c1-11-7-13(9-14(17)8-11)15(19-18)12-3-6-20-16(10-12)4-2-5-16/h7-9,12,15,19H,2-6,10,18H2,1H3. The summed E-state index contributed by atoms with van der Waals surface area (Å²) in [6, 6.07) is 6.35. The summed E-state index contributed by atoms with van der Waals surface area (Å²) in [4.78, 5) is 0. The summed E-state index contributed by atoms with van der Waals surface area (Å²) in [6.07, 6.45) is 5.87. The molecule has 2 fully saturated rings. The van der Waals surface area contributed by atoms with Crippen molar-refractivity contribution >= 4 is 11.6 Å². The van der Waals surface area contributed by atoms with Gasteiger partial charge < -0.3 is 4.74 Å². The van der Waals surface area contributed by atoms with Crippen LogP contribution in [0.15, 0.2) is 18.2 Å². The van der Waals surface area contributed by atoms with Crippen molar-refractivity contribution in [3.05, 3.63) is 34.3 Å². The maximum absolute atomic E-state index is 6.19. The first kappa shape index (κ1) is 14.3. The van der Waals surface area contributed by atoms with E-state index in [4.69, 9.17) is 22.2 Å². The first-order valence-electron chi connectivity index (χ1n) is 7.49. The number of halogens is 1. The molecule has 0 aromatic heterocycles. The van der Waals surface area contributed by atoms with Gasteiger partial charge in [-0.2, -0.15) is 0 Å². The predicted octanol–water partition coefficient (Wildman–Crippen LogP) is 3.50. The number of nitrogens with one attached hydrogen (secondary N) is 1. The highest BCUT2D eigenvalue weighted by Gasteiger charge is 2.44. The first-order valence-corrected chi connectivity index (χ1v) is 7.87. The van der Waals surface area contributed by atoms with Crippen molar-refractivity contribution in [1.82, 2.24) is 5.43 Å². The van der Waals surface area contributed by atoms with E-state index >= 15 is 0 Å². The number of hydrazine groups is 1. The van der Waals surface area contributed by atoms with Crippen LogP contribution in [0.1, 0.15) is 49.3 Å². The predicted molar refractivity (Wildman–Crippen MR) is 81.5 cm³/mol. The van der Waals surface area contributed by atoms with Crippen LogP contribution in [0, 0.1) is 12.8 Å². The highest BCUT2D eigenvalue weighted by molar-refractivity contribution is 6.30. The van der Waals surface area contributed by atoms with E-state index in [0.29, 0.717) is 5.92 Å². The van der Waals surface area contributed by atoms with Crippen LogP contribution in [0.25, 0.3) is 0 Å². The molecule has 3 nitrogen and oxygen atoms in total. The minimum Gasteiger partial charge on any atom is -0.375 e. The Kier molecular flexibility index (Phi) is 4.04. The van der Waals surface area contributed by atoms with Gasteiger partial charge in [0.05, 0.1) is 5.60 Å². The van der Waals surface area contributed by atoms with Gasteiger partial charge in [-0.05, 0) is 68.2 Å². The van der Waals surface area contributed by atoms with Crippen LogP contribution in [0.4, 0.5) is 0 Å². The second kappa shape index (κ2) is 5.64. The molecule has 1 heterocycles. The van der Waals surface area contributed by atoms with Gasteiger partial charge in [0.2, 0.25) is 0 Å². The van der Waals surface area contributed by atoms with Crippen LogP contribution in [0.2, 0.25) is 5.02 Å². The lowest BCUT2D eigenvalue weighted by Crippen LogP contribution is -2.48. The van der Waals surface area contributed by atoms with E-state index in [2.05, 4.69) is 18.4 Å². The fourth-order valence-electron chi connectivity index (χ4n) is 3.72. The molecule has 0 bridgehead atoms. The average Bonchev–Trinajstić information content (AvgIpc) is 2.37.